The highest BCUT2D eigenvalue weighted by atomic mass is 35.5. The van der Waals surface area contributed by atoms with Crippen molar-refractivity contribution in [3.8, 4) is 0 Å². The van der Waals surface area contributed by atoms with Gasteiger partial charge >= 0.3 is 5.97 Å². The third-order valence-corrected chi connectivity index (χ3v) is 4.11. The molecule has 21 heavy (non-hydrogen) atoms. The molecule has 0 bridgehead atoms. The molecule has 110 valence electrons. The molecular formula is C17H17ClO2S. The third-order valence-electron chi connectivity index (χ3n) is 2.88. The van der Waals surface area contributed by atoms with Crippen LogP contribution in [0, 0.1) is 0 Å². The first-order chi connectivity index (χ1) is 10.2. The predicted octanol–water partition coefficient (Wildman–Crippen LogP) is 4.99. The van der Waals surface area contributed by atoms with Gasteiger partial charge in [-0.25, -0.2) is 0 Å². The normalized spacial score (nSPS) is 10.4. The fraction of sp³-hybridized carbons (Fsp3) is 0.235. The van der Waals surface area contributed by atoms with Gasteiger partial charge in [-0.05, 0) is 49.2 Å². The van der Waals surface area contributed by atoms with Gasteiger partial charge in [0.1, 0.15) is 0 Å². The Morgan fingerprint density at radius 3 is 2.57 bits per heavy atom. The number of hydrogen-bond acceptors (Lipinski definition) is 3. The van der Waals surface area contributed by atoms with E-state index in [1.807, 2.05) is 43.3 Å². The van der Waals surface area contributed by atoms with Gasteiger partial charge in [0.15, 0.2) is 0 Å². The van der Waals surface area contributed by atoms with Gasteiger partial charge in [-0.15, -0.1) is 0 Å². The number of esters is 1. The van der Waals surface area contributed by atoms with Gasteiger partial charge in [0.05, 0.1) is 6.61 Å². The molecule has 0 aliphatic heterocycles. The van der Waals surface area contributed by atoms with E-state index in [2.05, 4.69) is 12.1 Å². The molecule has 2 aromatic rings. The molecule has 0 aliphatic rings. The van der Waals surface area contributed by atoms with E-state index in [4.69, 9.17) is 16.3 Å². The molecule has 0 heterocycles. The van der Waals surface area contributed by atoms with Gasteiger partial charge in [0.2, 0.25) is 0 Å². The third kappa shape index (κ3) is 5.44. The summed E-state index contributed by atoms with van der Waals surface area (Å²) in [5, 5.41) is 0.742. The van der Waals surface area contributed by atoms with Crippen LogP contribution in [0.15, 0.2) is 58.3 Å². The van der Waals surface area contributed by atoms with Gasteiger partial charge in [-0.2, -0.15) is 0 Å². The fourth-order valence-electron chi connectivity index (χ4n) is 1.87. The van der Waals surface area contributed by atoms with Gasteiger partial charge in [-0.3, -0.25) is 4.79 Å². The van der Waals surface area contributed by atoms with Crippen LogP contribution in [0.1, 0.15) is 18.9 Å². The second-order valence-electron chi connectivity index (χ2n) is 4.51. The number of hydrogen-bond donors (Lipinski definition) is 0. The van der Waals surface area contributed by atoms with Crippen molar-refractivity contribution in [3.63, 3.8) is 0 Å². The summed E-state index contributed by atoms with van der Waals surface area (Å²) in [6.07, 6.45) is 1.13. The Labute approximate surface area is 134 Å². The highest BCUT2D eigenvalue weighted by Gasteiger charge is 2.03. The Morgan fingerprint density at radius 1 is 1.14 bits per heavy atom. The molecule has 2 aromatic carbocycles. The molecule has 4 heteroatoms. The molecule has 2 rings (SSSR count). The van der Waals surface area contributed by atoms with Gasteiger partial charge < -0.3 is 4.74 Å². The summed E-state index contributed by atoms with van der Waals surface area (Å²) >= 11 is 7.64. The van der Waals surface area contributed by atoms with Crippen LogP contribution < -0.4 is 0 Å². The molecule has 2 nitrogen and oxygen atoms in total. The van der Waals surface area contributed by atoms with Crippen molar-refractivity contribution >= 4 is 29.3 Å². The lowest BCUT2D eigenvalue weighted by Gasteiger charge is -2.05. The first-order valence-electron chi connectivity index (χ1n) is 6.85. The largest absolute Gasteiger partial charge is 0.466 e. The van der Waals surface area contributed by atoms with Crippen molar-refractivity contribution in [3.05, 3.63) is 59.1 Å². The molecule has 0 saturated heterocycles. The van der Waals surface area contributed by atoms with Crippen LogP contribution in [-0.4, -0.2) is 12.6 Å². The second kappa shape index (κ2) is 8.11. The summed E-state index contributed by atoms with van der Waals surface area (Å²) in [5.41, 5.74) is 1.14. The van der Waals surface area contributed by atoms with Crippen molar-refractivity contribution in [2.24, 2.45) is 0 Å². The van der Waals surface area contributed by atoms with Crippen molar-refractivity contribution in [2.45, 2.75) is 29.6 Å². The van der Waals surface area contributed by atoms with Crippen molar-refractivity contribution < 1.29 is 9.53 Å². The summed E-state index contributed by atoms with van der Waals surface area (Å²) in [7, 11) is 0. The highest BCUT2D eigenvalue weighted by molar-refractivity contribution is 7.99. The maximum Gasteiger partial charge on any atom is 0.306 e. The molecule has 0 atom stereocenters. The van der Waals surface area contributed by atoms with E-state index < -0.39 is 0 Å². The summed E-state index contributed by atoms with van der Waals surface area (Å²) in [6, 6.07) is 16.0. The predicted molar refractivity (Wildman–Crippen MR) is 87.0 cm³/mol. The van der Waals surface area contributed by atoms with E-state index in [-0.39, 0.29) is 5.97 Å². The smallest absolute Gasteiger partial charge is 0.306 e. The SMILES string of the molecule is CCOC(=O)CCc1ccc(Sc2cccc(Cl)c2)cc1. The molecule has 0 amide bonds. The topological polar surface area (TPSA) is 26.3 Å². The van der Waals surface area contributed by atoms with Crippen LogP contribution >= 0.6 is 23.4 Å². The van der Waals surface area contributed by atoms with Crippen LogP contribution in [0.2, 0.25) is 5.02 Å². The first-order valence-corrected chi connectivity index (χ1v) is 8.05. The van der Waals surface area contributed by atoms with E-state index in [9.17, 15) is 4.79 Å². The van der Waals surface area contributed by atoms with E-state index in [1.165, 1.54) is 0 Å². The lowest BCUT2D eigenvalue weighted by atomic mass is 10.1. The number of benzene rings is 2. The minimum Gasteiger partial charge on any atom is -0.466 e. The molecule has 0 aliphatic carbocycles. The molecule has 0 saturated carbocycles. The number of aryl methyl sites for hydroxylation is 1. The number of carbonyl (C=O) groups excluding carboxylic acids is 1. The van der Waals surface area contributed by atoms with E-state index in [0.29, 0.717) is 19.4 Å². The van der Waals surface area contributed by atoms with E-state index in [1.54, 1.807) is 11.8 Å². The molecule has 0 aromatic heterocycles. The van der Waals surface area contributed by atoms with Crippen LogP contribution in [0.5, 0.6) is 0 Å². The number of halogens is 1. The van der Waals surface area contributed by atoms with E-state index >= 15 is 0 Å². The zero-order valence-electron chi connectivity index (χ0n) is 11.8. The average molecular weight is 321 g/mol. The monoisotopic (exact) mass is 320 g/mol. The molecule has 0 radical (unpaired) electrons. The summed E-state index contributed by atoms with van der Waals surface area (Å²) in [6.45, 7) is 2.26. The number of rotatable bonds is 6. The molecule has 0 unspecified atom stereocenters. The Kier molecular flexibility index (Phi) is 6.15. The average Bonchev–Trinajstić information content (AvgIpc) is 2.47. The molecule has 0 fully saturated rings. The zero-order chi connectivity index (χ0) is 15.1. The van der Waals surface area contributed by atoms with Crippen LogP contribution in [0.25, 0.3) is 0 Å². The zero-order valence-corrected chi connectivity index (χ0v) is 13.4. The first kappa shape index (κ1) is 15.9. The van der Waals surface area contributed by atoms with Gasteiger partial charge in [0.25, 0.3) is 0 Å². The van der Waals surface area contributed by atoms with Crippen molar-refractivity contribution in [1.82, 2.24) is 0 Å². The van der Waals surface area contributed by atoms with Crippen molar-refractivity contribution in [1.29, 1.82) is 0 Å². The number of ether oxygens (including phenoxy) is 1. The minimum atomic E-state index is -0.144. The summed E-state index contributed by atoms with van der Waals surface area (Å²) in [5.74, 6) is -0.144. The van der Waals surface area contributed by atoms with Crippen LogP contribution in [0.4, 0.5) is 0 Å². The highest BCUT2D eigenvalue weighted by Crippen LogP contribution is 2.29. The molecular weight excluding hydrogens is 304 g/mol. The Balaban J connectivity index is 1.91. The molecule has 0 N–H and O–H groups in total. The van der Waals surface area contributed by atoms with Crippen molar-refractivity contribution in [2.75, 3.05) is 6.61 Å². The Hall–Kier alpha value is -1.45. The Bertz CT molecular complexity index is 596. The quantitative estimate of drug-likeness (QED) is 0.702. The standard InChI is InChI=1S/C17H17ClO2S/c1-2-20-17(19)11-8-13-6-9-15(10-7-13)21-16-5-3-4-14(18)12-16/h3-7,9-10,12H,2,8,11H2,1H3. The number of carbonyl (C=O) groups is 1. The fourth-order valence-corrected chi connectivity index (χ4v) is 3.00. The summed E-state index contributed by atoms with van der Waals surface area (Å²) < 4.78 is 4.92. The molecule has 0 spiro atoms. The maximum absolute atomic E-state index is 11.3. The van der Waals surface area contributed by atoms with Gasteiger partial charge in [-0.1, -0.05) is 41.6 Å². The lowest BCUT2D eigenvalue weighted by molar-refractivity contribution is -0.143. The summed E-state index contributed by atoms with van der Waals surface area (Å²) in [4.78, 5) is 13.6. The van der Waals surface area contributed by atoms with Gasteiger partial charge in [0, 0.05) is 21.2 Å². The minimum absolute atomic E-state index is 0.144. The lowest BCUT2D eigenvalue weighted by Crippen LogP contribution is -2.04. The van der Waals surface area contributed by atoms with Crippen LogP contribution in [0.3, 0.4) is 0 Å². The maximum atomic E-state index is 11.3. The Morgan fingerprint density at radius 2 is 1.90 bits per heavy atom. The second-order valence-corrected chi connectivity index (χ2v) is 6.09. The van der Waals surface area contributed by atoms with Crippen LogP contribution in [-0.2, 0) is 16.0 Å². The van der Waals surface area contributed by atoms with E-state index in [0.717, 1.165) is 20.4 Å².